The van der Waals surface area contributed by atoms with Crippen LogP contribution < -0.4 is 10.1 Å². The van der Waals surface area contributed by atoms with Gasteiger partial charge in [-0.05, 0) is 61.4 Å². The Morgan fingerprint density at radius 3 is 2.37 bits per heavy atom. The van der Waals surface area contributed by atoms with Crippen LogP contribution in [0.15, 0.2) is 47.4 Å². The lowest BCUT2D eigenvalue weighted by atomic mass is 9.92. The predicted molar refractivity (Wildman–Crippen MR) is 113 cm³/mol. The van der Waals surface area contributed by atoms with Crippen molar-refractivity contribution < 1.29 is 22.7 Å². The lowest BCUT2D eigenvalue weighted by Gasteiger charge is -2.25. The molecule has 1 aliphatic rings. The van der Waals surface area contributed by atoms with Gasteiger partial charge in [0.25, 0.3) is 10.0 Å². The van der Waals surface area contributed by atoms with E-state index in [0.717, 1.165) is 0 Å². The molecule has 0 unspecified atom stereocenters. The SMILES string of the molecule is COc1ccc(Cl)cc1C[C@H]1C(=O)N(S(=O)(=O)c2ccc(Cl)cc2)CC(=O)N[C@@H]1C. The first kappa shape index (κ1) is 22.4. The molecule has 0 bridgehead atoms. The number of carbonyl (C=O) groups excluding carboxylic acids is 2. The van der Waals surface area contributed by atoms with Crippen molar-refractivity contribution in [1.29, 1.82) is 0 Å². The Morgan fingerprint density at radius 1 is 1.10 bits per heavy atom. The van der Waals surface area contributed by atoms with Gasteiger partial charge in [0, 0.05) is 16.1 Å². The fourth-order valence-corrected chi connectivity index (χ4v) is 5.07. The van der Waals surface area contributed by atoms with E-state index in [1.807, 2.05) is 0 Å². The number of rotatable bonds is 5. The number of hydrogen-bond acceptors (Lipinski definition) is 5. The van der Waals surface area contributed by atoms with E-state index in [1.54, 1.807) is 25.1 Å². The molecule has 0 saturated carbocycles. The molecule has 2 aromatic carbocycles. The van der Waals surface area contributed by atoms with Crippen LogP contribution in [-0.2, 0) is 26.0 Å². The third kappa shape index (κ3) is 4.55. The van der Waals surface area contributed by atoms with Crippen LogP contribution in [0.4, 0.5) is 0 Å². The Bertz CT molecular complexity index is 1070. The van der Waals surface area contributed by atoms with Crippen molar-refractivity contribution in [3.8, 4) is 5.75 Å². The molecule has 1 saturated heterocycles. The number of hydrogen-bond donors (Lipinski definition) is 1. The third-order valence-electron chi connectivity index (χ3n) is 4.93. The number of nitrogens with zero attached hydrogens (tertiary/aromatic N) is 1. The third-order valence-corrected chi connectivity index (χ3v) is 7.17. The minimum atomic E-state index is -4.25. The molecule has 2 aromatic rings. The highest BCUT2D eigenvalue weighted by atomic mass is 35.5. The molecule has 1 N–H and O–H groups in total. The van der Waals surface area contributed by atoms with E-state index in [-0.39, 0.29) is 11.3 Å². The van der Waals surface area contributed by atoms with E-state index in [9.17, 15) is 18.0 Å². The summed E-state index contributed by atoms with van der Waals surface area (Å²) in [5.74, 6) is -1.57. The van der Waals surface area contributed by atoms with Crippen molar-refractivity contribution >= 4 is 45.0 Å². The van der Waals surface area contributed by atoms with Gasteiger partial charge in [0.1, 0.15) is 12.3 Å². The Labute approximate surface area is 185 Å². The van der Waals surface area contributed by atoms with Crippen molar-refractivity contribution in [2.24, 2.45) is 5.92 Å². The van der Waals surface area contributed by atoms with E-state index < -0.39 is 40.3 Å². The van der Waals surface area contributed by atoms with Crippen molar-refractivity contribution in [2.45, 2.75) is 24.3 Å². The zero-order valence-electron chi connectivity index (χ0n) is 16.3. The topological polar surface area (TPSA) is 92.8 Å². The molecule has 0 aliphatic carbocycles. The van der Waals surface area contributed by atoms with Gasteiger partial charge in [-0.1, -0.05) is 23.2 Å². The van der Waals surface area contributed by atoms with Crippen molar-refractivity contribution in [3.63, 3.8) is 0 Å². The molecular formula is C20H20Cl2N2O5S. The molecule has 0 aromatic heterocycles. The lowest BCUT2D eigenvalue weighted by Crippen LogP contribution is -2.43. The Hall–Kier alpha value is -2.29. The largest absolute Gasteiger partial charge is 0.496 e. The minimum absolute atomic E-state index is 0.123. The van der Waals surface area contributed by atoms with Gasteiger partial charge < -0.3 is 10.1 Å². The number of sulfonamides is 1. The fourth-order valence-electron chi connectivity index (χ4n) is 3.35. The Morgan fingerprint density at radius 2 is 1.73 bits per heavy atom. The summed E-state index contributed by atoms with van der Waals surface area (Å²) in [5.41, 5.74) is 0.634. The maximum atomic E-state index is 13.3. The summed E-state index contributed by atoms with van der Waals surface area (Å²) in [5, 5.41) is 3.50. The monoisotopic (exact) mass is 470 g/mol. The zero-order valence-corrected chi connectivity index (χ0v) is 18.6. The molecule has 1 fully saturated rings. The molecule has 0 spiro atoms. The predicted octanol–water partition coefficient (Wildman–Crippen LogP) is 2.90. The van der Waals surface area contributed by atoms with E-state index >= 15 is 0 Å². The molecule has 160 valence electrons. The number of amides is 2. The molecule has 7 nitrogen and oxygen atoms in total. The number of carbonyl (C=O) groups is 2. The summed E-state index contributed by atoms with van der Waals surface area (Å²) in [6, 6.07) is 9.80. The summed E-state index contributed by atoms with van der Waals surface area (Å²) >= 11 is 11.9. The average Bonchev–Trinajstić information content (AvgIpc) is 2.79. The van der Waals surface area contributed by atoms with Crippen molar-refractivity contribution in [1.82, 2.24) is 9.62 Å². The summed E-state index contributed by atoms with van der Waals surface area (Å²) in [6.07, 6.45) is 0.136. The molecule has 0 radical (unpaired) electrons. The molecule has 3 rings (SSSR count). The average molecular weight is 471 g/mol. The van der Waals surface area contributed by atoms with Crippen LogP contribution in [0.2, 0.25) is 10.0 Å². The maximum absolute atomic E-state index is 13.3. The van der Waals surface area contributed by atoms with E-state index in [4.69, 9.17) is 27.9 Å². The van der Waals surface area contributed by atoms with Crippen LogP contribution in [0.1, 0.15) is 12.5 Å². The van der Waals surface area contributed by atoms with Gasteiger partial charge in [-0.3, -0.25) is 9.59 Å². The van der Waals surface area contributed by atoms with Gasteiger partial charge in [0.05, 0.1) is 17.9 Å². The summed E-state index contributed by atoms with van der Waals surface area (Å²) < 4.78 is 32.2. The number of halogens is 2. The number of methoxy groups -OCH3 is 1. The quantitative estimate of drug-likeness (QED) is 0.724. The molecule has 30 heavy (non-hydrogen) atoms. The number of ether oxygens (including phenoxy) is 1. The lowest BCUT2D eigenvalue weighted by molar-refractivity contribution is -0.131. The second-order valence-electron chi connectivity index (χ2n) is 6.93. The van der Waals surface area contributed by atoms with Crippen molar-refractivity contribution in [2.75, 3.05) is 13.7 Å². The van der Waals surface area contributed by atoms with E-state index in [0.29, 0.717) is 25.7 Å². The van der Waals surface area contributed by atoms with Gasteiger partial charge >= 0.3 is 0 Å². The fraction of sp³-hybridized carbons (Fsp3) is 0.300. The van der Waals surface area contributed by atoms with Crippen LogP contribution in [0.25, 0.3) is 0 Å². The highest BCUT2D eigenvalue weighted by Gasteiger charge is 2.41. The Kier molecular flexibility index (Phi) is 6.59. The van der Waals surface area contributed by atoms with Gasteiger partial charge in [0.15, 0.2) is 0 Å². The van der Waals surface area contributed by atoms with E-state index in [1.165, 1.54) is 31.4 Å². The van der Waals surface area contributed by atoms with Crippen LogP contribution >= 0.6 is 23.2 Å². The second kappa shape index (κ2) is 8.83. The molecule has 10 heteroatoms. The summed E-state index contributed by atoms with van der Waals surface area (Å²) in [4.78, 5) is 25.5. The highest BCUT2D eigenvalue weighted by molar-refractivity contribution is 7.89. The first-order valence-corrected chi connectivity index (χ1v) is 11.3. The first-order valence-electron chi connectivity index (χ1n) is 9.07. The molecule has 2 amide bonds. The van der Waals surface area contributed by atoms with E-state index in [2.05, 4.69) is 5.32 Å². The van der Waals surface area contributed by atoms with Gasteiger partial charge in [-0.15, -0.1) is 0 Å². The van der Waals surface area contributed by atoms with Crippen molar-refractivity contribution in [3.05, 3.63) is 58.1 Å². The smallest absolute Gasteiger partial charge is 0.266 e. The van der Waals surface area contributed by atoms with Crippen LogP contribution in [0, 0.1) is 5.92 Å². The molecule has 1 heterocycles. The van der Waals surface area contributed by atoms with Crippen LogP contribution in [0.5, 0.6) is 5.75 Å². The number of nitrogens with one attached hydrogen (secondary N) is 1. The van der Waals surface area contributed by atoms with Gasteiger partial charge in [0.2, 0.25) is 11.8 Å². The molecular weight excluding hydrogens is 451 g/mol. The molecule has 1 aliphatic heterocycles. The van der Waals surface area contributed by atoms with Gasteiger partial charge in [-0.25, -0.2) is 12.7 Å². The normalized spacial score (nSPS) is 19.9. The Balaban J connectivity index is 2.00. The summed E-state index contributed by atoms with van der Waals surface area (Å²) in [7, 11) is -2.76. The maximum Gasteiger partial charge on any atom is 0.266 e. The zero-order chi connectivity index (χ0) is 22.1. The minimum Gasteiger partial charge on any atom is -0.496 e. The standard InChI is InChI=1S/C20H20Cl2N2O5S/c1-12-17(10-13-9-15(22)5-8-18(13)29-2)20(26)24(11-19(25)23-12)30(27,28)16-6-3-14(21)4-7-16/h3-9,12,17H,10-11H2,1-2H3,(H,23,25)/t12-,17-/m1/s1. The van der Waals surface area contributed by atoms with Gasteiger partial charge in [-0.2, -0.15) is 0 Å². The number of benzene rings is 2. The second-order valence-corrected chi connectivity index (χ2v) is 9.66. The van der Waals surface area contributed by atoms with Crippen LogP contribution in [0.3, 0.4) is 0 Å². The molecule has 2 atom stereocenters. The van der Waals surface area contributed by atoms with Crippen LogP contribution in [-0.4, -0.2) is 44.2 Å². The highest BCUT2D eigenvalue weighted by Crippen LogP contribution is 2.29. The summed E-state index contributed by atoms with van der Waals surface area (Å²) in [6.45, 7) is 1.06. The first-order chi connectivity index (χ1) is 14.1.